The maximum atomic E-state index is 12.6. The van der Waals surface area contributed by atoms with Crippen LogP contribution in [0.2, 0.25) is 0 Å². The van der Waals surface area contributed by atoms with Crippen molar-refractivity contribution in [2.45, 2.75) is 19.4 Å². The van der Waals surface area contributed by atoms with E-state index in [0.29, 0.717) is 19.5 Å². The van der Waals surface area contributed by atoms with Crippen molar-refractivity contribution in [3.05, 3.63) is 52.0 Å². The molecule has 2 saturated heterocycles. The van der Waals surface area contributed by atoms with Gasteiger partial charge in [-0.1, -0.05) is 30.3 Å². The van der Waals surface area contributed by atoms with Crippen LogP contribution in [0.3, 0.4) is 0 Å². The summed E-state index contributed by atoms with van der Waals surface area (Å²) in [7, 11) is -3.02. The molecule has 4 rings (SSSR count). The Hall–Kier alpha value is -1.77. The van der Waals surface area contributed by atoms with Crippen LogP contribution in [0.5, 0.6) is 0 Å². The highest BCUT2D eigenvalue weighted by Gasteiger charge is 2.36. The predicted molar refractivity (Wildman–Crippen MR) is 110 cm³/mol. The van der Waals surface area contributed by atoms with Gasteiger partial charge in [-0.3, -0.25) is 9.69 Å². The fourth-order valence-electron chi connectivity index (χ4n) is 3.88. The first-order valence-electron chi connectivity index (χ1n) is 9.67. The molecule has 0 spiro atoms. The number of rotatable bonds is 5. The smallest absolute Gasteiger partial charge is 0.226 e. The molecule has 1 amide bonds. The Morgan fingerprint density at radius 2 is 1.89 bits per heavy atom. The van der Waals surface area contributed by atoms with Crippen molar-refractivity contribution in [2.75, 3.05) is 37.7 Å². The Balaban J connectivity index is 1.26. The minimum Gasteiger partial charge on any atom is -0.340 e. The molecule has 1 aromatic heterocycles. The largest absolute Gasteiger partial charge is 0.340 e. The summed E-state index contributed by atoms with van der Waals surface area (Å²) in [5.41, 5.74) is 2.35. The summed E-state index contributed by atoms with van der Waals surface area (Å²) in [6.07, 6.45) is 1.34. The lowest BCUT2D eigenvalue weighted by Gasteiger charge is -2.35. The van der Waals surface area contributed by atoms with E-state index in [-0.39, 0.29) is 23.3 Å². The zero-order valence-corrected chi connectivity index (χ0v) is 17.4. The summed E-state index contributed by atoms with van der Waals surface area (Å²) in [6.45, 7) is 3.73. The van der Waals surface area contributed by atoms with E-state index in [1.807, 2.05) is 23.1 Å². The second kappa shape index (κ2) is 8.31. The summed E-state index contributed by atoms with van der Waals surface area (Å²) < 4.78 is 23.2. The third-order valence-electron chi connectivity index (χ3n) is 5.45. The number of hydrogen-bond donors (Lipinski definition) is 0. The van der Waals surface area contributed by atoms with Crippen molar-refractivity contribution in [3.63, 3.8) is 0 Å². The van der Waals surface area contributed by atoms with Crippen molar-refractivity contribution in [1.82, 2.24) is 14.8 Å². The second-order valence-corrected chi connectivity index (χ2v) is 10.8. The Labute approximate surface area is 170 Å². The molecule has 28 heavy (non-hydrogen) atoms. The zero-order chi connectivity index (χ0) is 19.6. The highest BCUT2D eigenvalue weighted by molar-refractivity contribution is 7.91. The molecular weight excluding hydrogens is 394 g/mol. The molecule has 0 bridgehead atoms. The molecule has 1 atom stereocenters. The maximum absolute atomic E-state index is 12.6. The number of thiazole rings is 1. The molecule has 0 saturated carbocycles. The lowest BCUT2D eigenvalue weighted by atomic mass is 10.1. The molecule has 6 nitrogen and oxygen atoms in total. The normalized spacial score (nSPS) is 22.4. The van der Waals surface area contributed by atoms with E-state index in [9.17, 15) is 13.2 Å². The van der Waals surface area contributed by atoms with Crippen LogP contribution in [0.25, 0.3) is 0 Å². The number of amides is 1. The van der Waals surface area contributed by atoms with Crippen LogP contribution < -0.4 is 0 Å². The number of sulfone groups is 1. The molecule has 0 aliphatic carbocycles. The van der Waals surface area contributed by atoms with Crippen LogP contribution in [-0.2, 0) is 27.6 Å². The number of aromatic nitrogens is 1. The first-order chi connectivity index (χ1) is 13.5. The Bertz CT molecular complexity index is 919. The predicted octanol–water partition coefficient (Wildman–Crippen LogP) is 1.81. The van der Waals surface area contributed by atoms with Gasteiger partial charge in [0.1, 0.15) is 0 Å². The van der Waals surface area contributed by atoms with Crippen LogP contribution in [0.4, 0.5) is 0 Å². The van der Waals surface area contributed by atoms with Crippen LogP contribution in [0, 0.1) is 5.92 Å². The van der Waals surface area contributed by atoms with Crippen LogP contribution >= 0.6 is 11.3 Å². The Kier molecular flexibility index (Phi) is 5.80. The van der Waals surface area contributed by atoms with Crippen LogP contribution in [0.15, 0.2) is 35.7 Å². The van der Waals surface area contributed by atoms with E-state index >= 15 is 0 Å². The van der Waals surface area contributed by atoms with E-state index in [0.717, 1.165) is 36.8 Å². The number of carbonyl (C=O) groups is 1. The molecule has 2 fully saturated rings. The van der Waals surface area contributed by atoms with Crippen molar-refractivity contribution >= 4 is 27.1 Å². The van der Waals surface area contributed by atoms with Gasteiger partial charge in [-0.2, -0.15) is 0 Å². The molecule has 2 aromatic rings. The quantitative estimate of drug-likeness (QED) is 0.739. The van der Waals surface area contributed by atoms with E-state index in [1.54, 1.807) is 11.3 Å². The average Bonchev–Trinajstić information content (AvgIpc) is 3.28. The molecule has 0 radical (unpaired) electrons. The standard InChI is InChI=1S/C20H25N3O3S2/c24-20(17-6-11-28(25,26)15-17)23-9-7-22(8-10-23)13-18-14-27-19(21-18)12-16-4-2-1-3-5-16/h1-5,14,17H,6-13,15H2/t17-/m1/s1. The van der Waals surface area contributed by atoms with Gasteiger partial charge < -0.3 is 4.90 Å². The van der Waals surface area contributed by atoms with Gasteiger partial charge in [0.15, 0.2) is 9.84 Å². The highest BCUT2D eigenvalue weighted by atomic mass is 32.2. The molecule has 0 unspecified atom stereocenters. The topological polar surface area (TPSA) is 70.6 Å². The number of nitrogens with zero attached hydrogens (tertiary/aromatic N) is 3. The van der Waals surface area contributed by atoms with Gasteiger partial charge in [-0.15, -0.1) is 11.3 Å². The van der Waals surface area contributed by atoms with Gasteiger partial charge >= 0.3 is 0 Å². The fraction of sp³-hybridized carbons (Fsp3) is 0.500. The third kappa shape index (κ3) is 4.79. The number of hydrogen-bond acceptors (Lipinski definition) is 6. The molecule has 3 heterocycles. The van der Waals surface area contributed by atoms with E-state index in [2.05, 4.69) is 22.4 Å². The van der Waals surface area contributed by atoms with Crippen molar-refractivity contribution in [1.29, 1.82) is 0 Å². The van der Waals surface area contributed by atoms with Crippen molar-refractivity contribution < 1.29 is 13.2 Å². The first kappa shape index (κ1) is 19.5. The zero-order valence-electron chi connectivity index (χ0n) is 15.8. The first-order valence-corrected chi connectivity index (χ1v) is 12.4. The molecule has 0 N–H and O–H groups in total. The number of carbonyl (C=O) groups excluding carboxylic acids is 1. The molecule has 8 heteroatoms. The molecule has 1 aromatic carbocycles. The second-order valence-electron chi connectivity index (χ2n) is 7.60. The highest BCUT2D eigenvalue weighted by Crippen LogP contribution is 2.22. The maximum Gasteiger partial charge on any atom is 0.226 e. The van der Waals surface area contributed by atoms with Crippen molar-refractivity contribution in [2.24, 2.45) is 5.92 Å². The van der Waals surface area contributed by atoms with Crippen molar-refractivity contribution in [3.8, 4) is 0 Å². The molecule has 150 valence electrons. The van der Waals surface area contributed by atoms with E-state index in [4.69, 9.17) is 4.98 Å². The summed E-state index contributed by atoms with van der Waals surface area (Å²) in [5.74, 6) is -0.150. The van der Waals surface area contributed by atoms with Gasteiger partial charge in [0.25, 0.3) is 0 Å². The fourth-order valence-corrected chi connectivity index (χ4v) is 6.43. The van der Waals surface area contributed by atoms with Gasteiger partial charge in [0.05, 0.1) is 28.1 Å². The summed E-state index contributed by atoms with van der Waals surface area (Å²) in [6, 6.07) is 10.4. The van der Waals surface area contributed by atoms with Gasteiger partial charge in [-0.25, -0.2) is 13.4 Å². The SMILES string of the molecule is O=C([C@@H]1CCS(=O)(=O)C1)N1CCN(Cc2csc(Cc3ccccc3)n2)CC1. The van der Waals surface area contributed by atoms with Gasteiger partial charge in [-0.05, 0) is 12.0 Å². The number of benzene rings is 1. The van der Waals surface area contributed by atoms with Gasteiger partial charge in [0, 0.05) is 44.5 Å². The van der Waals surface area contributed by atoms with Crippen LogP contribution in [-0.4, -0.2) is 66.8 Å². The Morgan fingerprint density at radius 3 is 2.57 bits per heavy atom. The van der Waals surface area contributed by atoms with E-state index in [1.165, 1.54) is 5.56 Å². The minimum atomic E-state index is -3.02. The summed E-state index contributed by atoms with van der Waals surface area (Å²) in [5, 5.41) is 3.25. The average molecular weight is 420 g/mol. The van der Waals surface area contributed by atoms with Gasteiger partial charge in [0.2, 0.25) is 5.91 Å². The minimum absolute atomic E-state index is 0.0135. The van der Waals surface area contributed by atoms with Crippen LogP contribution in [0.1, 0.15) is 22.7 Å². The Morgan fingerprint density at radius 1 is 1.14 bits per heavy atom. The summed E-state index contributed by atoms with van der Waals surface area (Å²) in [4.78, 5) is 21.5. The monoisotopic (exact) mass is 419 g/mol. The van der Waals surface area contributed by atoms with E-state index < -0.39 is 9.84 Å². The third-order valence-corrected chi connectivity index (χ3v) is 8.11. The lowest BCUT2D eigenvalue weighted by molar-refractivity contribution is -0.136. The summed E-state index contributed by atoms with van der Waals surface area (Å²) >= 11 is 1.70. The lowest BCUT2D eigenvalue weighted by Crippen LogP contribution is -2.50. The molecule has 2 aliphatic heterocycles. The molecule has 2 aliphatic rings. The molecular formula is C20H25N3O3S2. The number of piperazine rings is 1.